The largest absolute Gasteiger partial charge is 0.481 e. The van der Waals surface area contributed by atoms with Gasteiger partial charge in [0.05, 0.1) is 5.92 Å². The number of nitrogens with two attached hydrogens (primary N) is 1. The Kier molecular flexibility index (Phi) is 6.12. The summed E-state index contributed by atoms with van der Waals surface area (Å²) in [5.74, 6) is -0.628. The third-order valence-electron chi connectivity index (χ3n) is 3.63. The van der Waals surface area contributed by atoms with E-state index in [2.05, 4.69) is 6.92 Å². The van der Waals surface area contributed by atoms with Gasteiger partial charge in [0, 0.05) is 19.5 Å². The highest BCUT2D eigenvalue weighted by Crippen LogP contribution is 2.19. The Morgan fingerprint density at radius 3 is 2.78 bits per heavy atom. The van der Waals surface area contributed by atoms with Crippen molar-refractivity contribution in [2.24, 2.45) is 17.6 Å². The van der Waals surface area contributed by atoms with Crippen molar-refractivity contribution in [2.45, 2.75) is 39.0 Å². The van der Waals surface area contributed by atoms with Crippen LogP contribution in [0, 0.1) is 11.8 Å². The molecule has 0 radical (unpaired) electrons. The van der Waals surface area contributed by atoms with Gasteiger partial charge in [-0.3, -0.25) is 9.59 Å². The lowest BCUT2D eigenvalue weighted by Gasteiger charge is -2.31. The van der Waals surface area contributed by atoms with E-state index in [0.29, 0.717) is 38.4 Å². The molecule has 104 valence electrons. The summed E-state index contributed by atoms with van der Waals surface area (Å²) in [7, 11) is 0. The maximum atomic E-state index is 12.0. The smallest absolute Gasteiger partial charge is 0.308 e. The third-order valence-corrected chi connectivity index (χ3v) is 3.63. The van der Waals surface area contributed by atoms with Crippen molar-refractivity contribution >= 4 is 11.9 Å². The second-order valence-corrected chi connectivity index (χ2v) is 5.24. The molecule has 0 aromatic heterocycles. The van der Waals surface area contributed by atoms with Gasteiger partial charge in [-0.25, -0.2) is 0 Å². The van der Waals surface area contributed by atoms with Crippen LogP contribution in [0.4, 0.5) is 0 Å². The van der Waals surface area contributed by atoms with Crippen molar-refractivity contribution in [1.29, 1.82) is 0 Å². The Balaban J connectivity index is 2.34. The summed E-state index contributed by atoms with van der Waals surface area (Å²) in [6, 6.07) is 0. The van der Waals surface area contributed by atoms with Crippen LogP contribution in [0.3, 0.4) is 0 Å². The molecule has 0 aromatic rings. The number of likely N-dealkylation sites (tertiary alicyclic amines) is 1. The quantitative estimate of drug-likeness (QED) is 0.744. The molecule has 0 spiro atoms. The minimum Gasteiger partial charge on any atom is -0.481 e. The Morgan fingerprint density at radius 1 is 1.44 bits per heavy atom. The van der Waals surface area contributed by atoms with E-state index < -0.39 is 5.97 Å². The molecule has 3 N–H and O–H groups in total. The van der Waals surface area contributed by atoms with Crippen LogP contribution in [0.2, 0.25) is 0 Å². The molecule has 1 amide bonds. The van der Waals surface area contributed by atoms with Crippen LogP contribution < -0.4 is 5.73 Å². The van der Waals surface area contributed by atoms with Crippen LogP contribution in [0.1, 0.15) is 39.0 Å². The van der Waals surface area contributed by atoms with Gasteiger partial charge < -0.3 is 15.7 Å². The highest BCUT2D eigenvalue weighted by Gasteiger charge is 2.27. The van der Waals surface area contributed by atoms with E-state index in [1.807, 2.05) is 0 Å². The first kappa shape index (κ1) is 15.0. The molecular weight excluding hydrogens is 232 g/mol. The number of carboxylic acids is 1. The molecule has 1 heterocycles. The minimum absolute atomic E-state index is 0.0878. The van der Waals surface area contributed by atoms with Gasteiger partial charge in [0.2, 0.25) is 5.91 Å². The predicted molar refractivity (Wildman–Crippen MR) is 69.0 cm³/mol. The molecule has 0 aromatic carbocycles. The molecule has 0 saturated carbocycles. The normalized spacial score (nSPS) is 21.7. The summed E-state index contributed by atoms with van der Waals surface area (Å²) in [4.78, 5) is 24.6. The molecule has 1 fully saturated rings. The van der Waals surface area contributed by atoms with Gasteiger partial charge in [0.25, 0.3) is 0 Å². The summed E-state index contributed by atoms with van der Waals surface area (Å²) < 4.78 is 0. The Bertz CT molecular complexity index is 294. The summed E-state index contributed by atoms with van der Waals surface area (Å²) in [5, 5.41) is 8.97. The first-order valence-corrected chi connectivity index (χ1v) is 6.75. The van der Waals surface area contributed by atoms with Crippen molar-refractivity contribution in [3.63, 3.8) is 0 Å². The molecule has 1 saturated heterocycles. The molecular formula is C13H24N2O3. The molecule has 5 nitrogen and oxygen atoms in total. The maximum absolute atomic E-state index is 12.0. The van der Waals surface area contributed by atoms with Gasteiger partial charge in [-0.05, 0) is 38.1 Å². The fourth-order valence-corrected chi connectivity index (χ4v) is 2.36. The highest BCUT2D eigenvalue weighted by molar-refractivity contribution is 5.78. The van der Waals surface area contributed by atoms with E-state index in [0.717, 1.165) is 19.3 Å². The number of rotatable bonds is 6. The molecule has 0 bridgehead atoms. The molecule has 1 rings (SSSR count). The van der Waals surface area contributed by atoms with Crippen molar-refractivity contribution in [3.05, 3.63) is 0 Å². The molecule has 0 aliphatic carbocycles. The van der Waals surface area contributed by atoms with Crippen molar-refractivity contribution in [3.8, 4) is 0 Å². The zero-order valence-corrected chi connectivity index (χ0v) is 11.1. The van der Waals surface area contributed by atoms with Crippen LogP contribution in [-0.4, -0.2) is 41.5 Å². The number of piperidine rings is 1. The van der Waals surface area contributed by atoms with Crippen LogP contribution in [0.5, 0.6) is 0 Å². The number of amides is 1. The van der Waals surface area contributed by atoms with Gasteiger partial charge in [-0.2, -0.15) is 0 Å². The third kappa shape index (κ3) is 4.64. The van der Waals surface area contributed by atoms with E-state index in [4.69, 9.17) is 10.8 Å². The lowest BCUT2D eigenvalue weighted by Crippen LogP contribution is -2.42. The molecule has 2 atom stereocenters. The number of carboxylic acid groups (broad SMARTS) is 1. The van der Waals surface area contributed by atoms with E-state index in [1.54, 1.807) is 4.90 Å². The topological polar surface area (TPSA) is 83.6 Å². The number of hydrogen-bond acceptors (Lipinski definition) is 3. The highest BCUT2D eigenvalue weighted by atomic mass is 16.4. The molecule has 1 aliphatic heterocycles. The second-order valence-electron chi connectivity index (χ2n) is 5.24. The predicted octanol–water partition coefficient (Wildman–Crippen LogP) is 1.07. The van der Waals surface area contributed by atoms with Crippen LogP contribution in [0.25, 0.3) is 0 Å². The van der Waals surface area contributed by atoms with Crippen molar-refractivity contribution < 1.29 is 14.7 Å². The first-order chi connectivity index (χ1) is 8.54. The Morgan fingerprint density at radius 2 is 2.17 bits per heavy atom. The number of carbonyl (C=O) groups excluding carboxylic acids is 1. The van der Waals surface area contributed by atoms with Crippen molar-refractivity contribution in [2.75, 3.05) is 19.6 Å². The molecule has 18 heavy (non-hydrogen) atoms. The lowest BCUT2D eigenvalue weighted by molar-refractivity contribution is -0.145. The Labute approximate surface area is 108 Å². The van der Waals surface area contributed by atoms with E-state index in [9.17, 15) is 9.59 Å². The van der Waals surface area contributed by atoms with Crippen LogP contribution in [0.15, 0.2) is 0 Å². The molecule has 5 heteroatoms. The number of aliphatic carboxylic acids is 1. The van der Waals surface area contributed by atoms with Crippen molar-refractivity contribution in [1.82, 2.24) is 4.90 Å². The van der Waals surface area contributed by atoms with E-state index >= 15 is 0 Å². The zero-order chi connectivity index (χ0) is 13.5. The number of carbonyl (C=O) groups is 2. The fourth-order valence-electron chi connectivity index (χ4n) is 2.36. The fraction of sp³-hybridized carbons (Fsp3) is 0.846. The summed E-state index contributed by atoms with van der Waals surface area (Å²) in [5.41, 5.74) is 5.47. The standard InChI is InChI=1S/C13H24N2O3/c1-10(6-7-14)4-5-12(16)15-8-2-3-11(9-15)13(17)18/h10-11H,2-9,14H2,1H3,(H,17,18). The van der Waals surface area contributed by atoms with Gasteiger partial charge in [-0.1, -0.05) is 6.92 Å². The van der Waals surface area contributed by atoms with Crippen LogP contribution in [-0.2, 0) is 9.59 Å². The van der Waals surface area contributed by atoms with Gasteiger partial charge in [0.15, 0.2) is 0 Å². The lowest BCUT2D eigenvalue weighted by atomic mass is 9.97. The number of nitrogens with zero attached hydrogens (tertiary/aromatic N) is 1. The van der Waals surface area contributed by atoms with Crippen LogP contribution >= 0.6 is 0 Å². The number of hydrogen-bond donors (Lipinski definition) is 2. The second kappa shape index (κ2) is 7.36. The zero-order valence-electron chi connectivity index (χ0n) is 11.1. The SMILES string of the molecule is CC(CCN)CCC(=O)N1CCCC(C(=O)O)C1. The summed E-state index contributed by atoms with van der Waals surface area (Å²) in [6.45, 7) is 3.82. The summed E-state index contributed by atoms with van der Waals surface area (Å²) >= 11 is 0. The monoisotopic (exact) mass is 256 g/mol. The molecule has 1 aliphatic rings. The summed E-state index contributed by atoms with van der Waals surface area (Å²) in [6.07, 6.45) is 3.76. The average Bonchev–Trinajstić information content (AvgIpc) is 2.36. The van der Waals surface area contributed by atoms with Gasteiger partial charge in [-0.15, -0.1) is 0 Å². The molecule has 2 unspecified atom stereocenters. The van der Waals surface area contributed by atoms with Gasteiger partial charge in [0.1, 0.15) is 0 Å². The van der Waals surface area contributed by atoms with Gasteiger partial charge >= 0.3 is 5.97 Å². The van der Waals surface area contributed by atoms with E-state index in [-0.39, 0.29) is 11.8 Å². The average molecular weight is 256 g/mol. The Hall–Kier alpha value is -1.10. The van der Waals surface area contributed by atoms with E-state index in [1.165, 1.54) is 0 Å². The minimum atomic E-state index is -0.788. The maximum Gasteiger partial charge on any atom is 0.308 e. The first-order valence-electron chi connectivity index (χ1n) is 6.75.